The van der Waals surface area contributed by atoms with Crippen LogP contribution in [0, 0.1) is 0 Å². The fourth-order valence-corrected chi connectivity index (χ4v) is 3.55. The molecule has 1 N–H and O–H groups in total. The van der Waals surface area contributed by atoms with Gasteiger partial charge in [0.05, 0.1) is 37.2 Å². The quantitative estimate of drug-likeness (QED) is 0.486. The number of aromatic amines is 1. The number of rotatable bonds is 7. The van der Waals surface area contributed by atoms with Gasteiger partial charge in [0.2, 0.25) is 0 Å². The van der Waals surface area contributed by atoms with Gasteiger partial charge in [-0.1, -0.05) is 18.2 Å². The molecular formula is C20H20F2N4O3. The molecule has 0 radical (unpaired) electrons. The lowest BCUT2D eigenvalue weighted by molar-refractivity contribution is -0.129. The van der Waals surface area contributed by atoms with Crippen molar-refractivity contribution in [3.63, 3.8) is 0 Å². The van der Waals surface area contributed by atoms with Crippen LogP contribution in [0.25, 0.3) is 10.9 Å². The molecule has 1 aliphatic heterocycles. The highest BCUT2D eigenvalue weighted by molar-refractivity contribution is 5.99. The molecule has 0 spiro atoms. The summed E-state index contributed by atoms with van der Waals surface area (Å²) < 4.78 is 29.9. The van der Waals surface area contributed by atoms with E-state index in [1.54, 1.807) is 9.58 Å². The van der Waals surface area contributed by atoms with E-state index in [2.05, 4.69) is 14.8 Å². The SMILES string of the molecule is O=C(CCCOC(F)F)c1cnn2c1CN(C(=O)c1cc3ccccc3[nH]1)CC2. The summed E-state index contributed by atoms with van der Waals surface area (Å²) in [5, 5.41) is 5.19. The summed E-state index contributed by atoms with van der Waals surface area (Å²) in [5.74, 6) is -0.332. The van der Waals surface area contributed by atoms with Crippen molar-refractivity contribution in [1.82, 2.24) is 19.7 Å². The summed E-state index contributed by atoms with van der Waals surface area (Å²) in [4.78, 5) is 30.2. The summed E-state index contributed by atoms with van der Waals surface area (Å²) in [6.07, 6.45) is 1.77. The molecule has 3 aromatic rings. The maximum Gasteiger partial charge on any atom is 0.345 e. The maximum absolute atomic E-state index is 12.9. The third-order valence-corrected chi connectivity index (χ3v) is 5.01. The molecule has 9 heteroatoms. The molecule has 4 rings (SSSR count). The number of hydrogen-bond donors (Lipinski definition) is 1. The highest BCUT2D eigenvalue weighted by Gasteiger charge is 2.27. The lowest BCUT2D eigenvalue weighted by atomic mass is 10.1. The molecule has 7 nitrogen and oxygen atoms in total. The Morgan fingerprint density at radius 2 is 2.07 bits per heavy atom. The molecular weight excluding hydrogens is 382 g/mol. The van der Waals surface area contributed by atoms with Crippen LogP contribution in [-0.2, 0) is 17.8 Å². The molecule has 1 aromatic carbocycles. The zero-order valence-electron chi connectivity index (χ0n) is 15.6. The van der Waals surface area contributed by atoms with Crippen LogP contribution in [0.1, 0.15) is 39.4 Å². The lowest BCUT2D eigenvalue weighted by Gasteiger charge is -2.28. The van der Waals surface area contributed by atoms with Gasteiger partial charge in [0, 0.05) is 23.9 Å². The van der Waals surface area contributed by atoms with E-state index >= 15 is 0 Å². The third-order valence-electron chi connectivity index (χ3n) is 5.01. The van der Waals surface area contributed by atoms with Gasteiger partial charge in [-0.15, -0.1) is 0 Å². The van der Waals surface area contributed by atoms with E-state index in [0.29, 0.717) is 30.0 Å². The Labute approximate surface area is 165 Å². The number of ketones is 1. The molecule has 0 saturated heterocycles. The molecule has 0 aliphatic carbocycles. The van der Waals surface area contributed by atoms with Crippen LogP contribution in [0.4, 0.5) is 8.78 Å². The fourth-order valence-electron chi connectivity index (χ4n) is 3.55. The molecule has 0 unspecified atom stereocenters. The number of hydrogen-bond acceptors (Lipinski definition) is 4. The number of ether oxygens (including phenoxy) is 1. The number of aromatic nitrogens is 3. The van der Waals surface area contributed by atoms with E-state index in [9.17, 15) is 18.4 Å². The van der Waals surface area contributed by atoms with E-state index < -0.39 is 6.61 Å². The van der Waals surface area contributed by atoms with Gasteiger partial charge in [-0.25, -0.2) is 0 Å². The monoisotopic (exact) mass is 402 g/mol. The van der Waals surface area contributed by atoms with Gasteiger partial charge in [-0.05, 0) is 18.6 Å². The molecule has 0 bridgehead atoms. The number of nitrogens with one attached hydrogen (secondary N) is 1. The van der Waals surface area contributed by atoms with Crippen LogP contribution in [0.2, 0.25) is 0 Å². The number of Topliss-reactive ketones (excluding diaryl/α,β-unsaturated/α-hetero) is 1. The van der Waals surface area contributed by atoms with Crippen molar-refractivity contribution < 1.29 is 23.1 Å². The number of nitrogens with zero attached hydrogens (tertiary/aromatic N) is 3. The van der Waals surface area contributed by atoms with Crippen molar-refractivity contribution in [1.29, 1.82) is 0 Å². The maximum atomic E-state index is 12.9. The molecule has 29 heavy (non-hydrogen) atoms. The zero-order chi connectivity index (χ0) is 20.4. The smallest absolute Gasteiger partial charge is 0.345 e. The topological polar surface area (TPSA) is 80.2 Å². The first-order valence-electron chi connectivity index (χ1n) is 9.37. The highest BCUT2D eigenvalue weighted by Crippen LogP contribution is 2.22. The van der Waals surface area contributed by atoms with Gasteiger partial charge >= 0.3 is 6.61 Å². The first kappa shape index (κ1) is 19.3. The van der Waals surface area contributed by atoms with E-state index in [-0.39, 0.29) is 37.7 Å². The van der Waals surface area contributed by atoms with Crippen LogP contribution >= 0.6 is 0 Å². The predicted octanol–water partition coefficient (Wildman–Crippen LogP) is 3.22. The Bertz CT molecular complexity index is 1010. The minimum absolute atomic E-state index is 0.0847. The Morgan fingerprint density at radius 3 is 2.86 bits per heavy atom. The molecule has 0 fully saturated rings. The molecule has 0 atom stereocenters. The predicted molar refractivity (Wildman–Crippen MR) is 101 cm³/mol. The summed E-state index contributed by atoms with van der Waals surface area (Å²) in [6, 6.07) is 9.47. The zero-order valence-corrected chi connectivity index (χ0v) is 15.6. The fraction of sp³-hybridized carbons (Fsp3) is 0.350. The van der Waals surface area contributed by atoms with E-state index in [1.165, 1.54) is 6.20 Å². The number of halogens is 2. The Hall–Kier alpha value is -3.07. The van der Waals surface area contributed by atoms with Gasteiger partial charge < -0.3 is 14.6 Å². The number of fused-ring (bicyclic) bond motifs is 2. The van der Waals surface area contributed by atoms with Crippen LogP contribution in [0.5, 0.6) is 0 Å². The molecule has 152 valence electrons. The number of benzene rings is 1. The van der Waals surface area contributed by atoms with Crippen molar-refractivity contribution in [3.8, 4) is 0 Å². The Kier molecular flexibility index (Phi) is 5.39. The first-order valence-corrected chi connectivity index (χ1v) is 9.37. The lowest BCUT2D eigenvalue weighted by Crippen LogP contribution is -2.39. The summed E-state index contributed by atoms with van der Waals surface area (Å²) in [5.41, 5.74) is 2.48. The second kappa shape index (κ2) is 8.12. The largest absolute Gasteiger partial charge is 0.351 e. The minimum atomic E-state index is -2.83. The van der Waals surface area contributed by atoms with Crippen molar-refractivity contribution in [2.24, 2.45) is 0 Å². The molecule has 1 amide bonds. The minimum Gasteiger partial charge on any atom is -0.351 e. The van der Waals surface area contributed by atoms with Gasteiger partial charge in [-0.3, -0.25) is 14.3 Å². The summed E-state index contributed by atoms with van der Waals surface area (Å²) in [6.45, 7) is -1.78. The van der Waals surface area contributed by atoms with E-state index in [1.807, 2.05) is 30.3 Å². The number of carbonyl (C=O) groups is 2. The van der Waals surface area contributed by atoms with Crippen molar-refractivity contribution >= 4 is 22.6 Å². The van der Waals surface area contributed by atoms with Crippen molar-refractivity contribution in [3.05, 3.63) is 53.5 Å². The Morgan fingerprint density at radius 1 is 1.24 bits per heavy atom. The number of amides is 1. The number of alkyl halides is 2. The molecule has 0 saturated carbocycles. The van der Waals surface area contributed by atoms with Gasteiger partial charge in [0.25, 0.3) is 5.91 Å². The van der Waals surface area contributed by atoms with Crippen LogP contribution in [-0.4, -0.2) is 51.1 Å². The van der Waals surface area contributed by atoms with Crippen LogP contribution < -0.4 is 0 Å². The van der Waals surface area contributed by atoms with Crippen LogP contribution in [0.15, 0.2) is 36.5 Å². The van der Waals surface area contributed by atoms with E-state index in [4.69, 9.17) is 0 Å². The Balaban J connectivity index is 1.45. The normalized spacial score (nSPS) is 13.8. The molecule has 3 heterocycles. The average molecular weight is 402 g/mol. The molecule has 1 aliphatic rings. The molecule has 2 aromatic heterocycles. The first-order chi connectivity index (χ1) is 14.0. The number of para-hydroxylation sites is 1. The number of H-pyrrole nitrogens is 1. The summed E-state index contributed by atoms with van der Waals surface area (Å²) in [7, 11) is 0. The van der Waals surface area contributed by atoms with Gasteiger partial charge in [0.15, 0.2) is 5.78 Å². The van der Waals surface area contributed by atoms with Crippen molar-refractivity contribution in [2.75, 3.05) is 13.2 Å². The second-order valence-corrected chi connectivity index (χ2v) is 6.88. The summed E-state index contributed by atoms with van der Waals surface area (Å²) >= 11 is 0. The highest BCUT2D eigenvalue weighted by atomic mass is 19.3. The van der Waals surface area contributed by atoms with Crippen molar-refractivity contribution in [2.45, 2.75) is 32.5 Å². The average Bonchev–Trinajstić information content (AvgIpc) is 3.34. The van der Waals surface area contributed by atoms with Gasteiger partial charge in [-0.2, -0.15) is 13.9 Å². The number of carbonyl (C=O) groups excluding carboxylic acids is 2. The van der Waals surface area contributed by atoms with Gasteiger partial charge in [0.1, 0.15) is 5.69 Å². The van der Waals surface area contributed by atoms with E-state index in [0.717, 1.165) is 10.9 Å². The van der Waals surface area contributed by atoms with Crippen LogP contribution in [0.3, 0.4) is 0 Å². The standard InChI is InChI=1S/C20H20F2N4O3/c21-20(22)29-9-3-6-18(27)14-11-23-26-8-7-25(12-17(14)26)19(28)16-10-13-4-1-2-5-15(13)24-16/h1-2,4-5,10-11,20,24H,3,6-9,12H2. The third kappa shape index (κ3) is 4.04. The second-order valence-electron chi connectivity index (χ2n) is 6.88.